The average Bonchev–Trinajstić information content (AvgIpc) is 2.87. The van der Waals surface area contributed by atoms with Gasteiger partial charge in [-0.05, 0) is 12.1 Å². The molecule has 6 heteroatoms. The van der Waals surface area contributed by atoms with Gasteiger partial charge in [0, 0.05) is 23.4 Å². The van der Waals surface area contributed by atoms with Crippen LogP contribution in [0.2, 0.25) is 0 Å². The van der Waals surface area contributed by atoms with E-state index >= 15 is 0 Å². The fourth-order valence-corrected chi connectivity index (χ4v) is 1.54. The molecule has 2 N–H and O–H groups in total. The molecule has 102 valence electrons. The molecule has 2 aromatic rings. The Balaban J connectivity index is 2.11. The molecule has 0 saturated heterocycles. The zero-order chi connectivity index (χ0) is 14.8. The van der Waals surface area contributed by atoms with E-state index in [2.05, 4.69) is 20.5 Å². The molecular weight excluding hydrogens is 254 g/mol. The van der Waals surface area contributed by atoms with Crippen molar-refractivity contribution in [2.75, 3.05) is 5.32 Å². The molecule has 0 spiro atoms. The summed E-state index contributed by atoms with van der Waals surface area (Å²) in [6, 6.07) is 6.80. The fraction of sp³-hybridized carbons (Fsp3) is 0.286. The first-order chi connectivity index (χ1) is 9.40. The number of carbonyl (C=O) groups excluding carboxylic acids is 1. The van der Waals surface area contributed by atoms with Crippen molar-refractivity contribution in [3.8, 4) is 6.07 Å². The molecule has 0 bridgehead atoms. The normalized spacial score (nSPS) is 10.9. The molecule has 2 heterocycles. The van der Waals surface area contributed by atoms with Crippen molar-refractivity contribution in [3.05, 3.63) is 41.3 Å². The lowest BCUT2D eigenvalue weighted by Gasteiger charge is -2.14. The minimum atomic E-state index is -0.360. The summed E-state index contributed by atoms with van der Waals surface area (Å²) in [5.74, 6) is 0.0903. The second kappa shape index (κ2) is 5.13. The number of pyridine rings is 1. The zero-order valence-corrected chi connectivity index (χ0v) is 11.6. The van der Waals surface area contributed by atoms with Gasteiger partial charge in [0.2, 0.25) is 0 Å². The van der Waals surface area contributed by atoms with Gasteiger partial charge in [0.25, 0.3) is 5.91 Å². The van der Waals surface area contributed by atoms with Crippen molar-refractivity contribution in [1.29, 1.82) is 5.26 Å². The van der Waals surface area contributed by atoms with Crippen molar-refractivity contribution in [2.45, 2.75) is 26.2 Å². The van der Waals surface area contributed by atoms with E-state index < -0.39 is 0 Å². The maximum absolute atomic E-state index is 12.0. The smallest absolute Gasteiger partial charge is 0.275 e. The number of carbonyl (C=O) groups is 1. The monoisotopic (exact) mass is 269 g/mol. The molecule has 0 aromatic carbocycles. The predicted octanol–water partition coefficient (Wildman–Crippen LogP) is 2.23. The van der Waals surface area contributed by atoms with Gasteiger partial charge < -0.3 is 5.32 Å². The zero-order valence-electron chi connectivity index (χ0n) is 11.6. The molecule has 6 nitrogen and oxygen atoms in total. The lowest BCUT2D eigenvalue weighted by atomic mass is 9.92. The Bertz CT molecular complexity index is 658. The van der Waals surface area contributed by atoms with Crippen LogP contribution >= 0.6 is 0 Å². The van der Waals surface area contributed by atoms with E-state index in [0.717, 1.165) is 5.69 Å². The highest BCUT2D eigenvalue weighted by molar-refractivity contribution is 6.02. The first-order valence-corrected chi connectivity index (χ1v) is 6.13. The number of nitrogens with zero attached hydrogens (tertiary/aromatic N) is 3. The van der Waals surface area contributed by atoms with Crippen LogP contribution in [0.3, 0.4) is 0 Å². The number of amides is 1. The molecule has 0 aliphatic rings. The summed E-state index contributed by atoms with van der Waals surface area (Å²) >= 11 is 0. The van der Waals surface area contributed by atoms with Crippen LogP contribution in [0.25, 0.3) is 0 Å². The minimum absolute atomic E-state index is 0.0668. The van der Waals surface area contributed by atoms with Crippen molar-refractivity contribution < 1.29 is 4.79 Å². The first-order valence-electron chi connectivity index (χ1n) is 6.13. The number of H-pyrrole nitrogens is 1. The van der Waals surface area contributed by atoms with Crippen LogP contribution in [0, 0.1) is 11.3 Å². The third-order valence-corrected chi connectivity index (χ3v) is 2.75. The molecule has 0 radical (unpaired) electrons. The second-order valence-corrected chi connectivity index (χ2v) is 5.41. The lowest BCUT2D eigenvalue weighted by molar-refractivity contribution is 0.102. The summed E-state index contributed by atoms with van der Waals surface area (Å²) in [7, 11) is 0. The molecule has 0 saturated carbocycles. The van der Waals surface area contributed by atoms with Gasteiger partial charge in [-0.3, -0.25) is 9.89 Å². The fourth-order valence-electron chi connectivity index (χ4n) is 1.54. The summed E-state index contributed by atoms with van der Waals surface area (Å²) in [5.41, 5.74) is 1.52. The number of hydrogen-bond donors (Lipinski definition) is 2. The number of rotatable bonds is 2. The molecular formula is C14H15N5O. The minimum Gasteiger partial charge on any atom is -0.304 e. The number of aromatic nitrogens is 3. The lowest BCUT2D eigenvalue weighted by Crippen LogP contribution is -2.14. The van der Waals surface area contributed by atoms with Crippen LogP contribution in [0.5, 0.6) is 0 Å². The van der Waals surface area contributed by atoms with Crippen LogP contribution in [-0.4, -0.2) is 21.1 Å². The Hall–Kier alpha value is -2.68. The molecule has 2 aromatic heterocycles. The first kappa shape index (κ1) is 13.7. The van der Waals surface area contributed by atoms with Crippen LogP contribution in [0.4, 0.5) is 5.82 Å². The van der Waals surface area contributed by atoms with Crippen LogP contribution in [0.15, 0.2) is 24.4 Å². The standard InChI is InChI=1S/C14H15N5O/c1-14(2,3)11-6-12(19-18-11)17-13(20)10-5-4-9(7-15)8-16-10/h4-6,8H,1-3H3,(H2,17,18,19,20). The SMILES string of the molecule is CC(C)(C)c1cc(NC(=O)c2ccc(C#N)cn2)n[nH]1. The van der Waals surface area contributed by atoms with Crippen LogP contribution in [-0.2, 0) is 5.41 Å². The van der Waals surface area contributed by atoms with E-state index in [1.807, 2.05) is 26.8 Å². The van der Waals surface area contributed by atoms with Gasteiger partial charge in [-0.2, -0.15) is 10.4 Å². The Morgan fingerprint density at radius 2 is 2.15 bits per heavy atom. The number of anilines is 1. The van der Waals surface area contributed by atoms with Gasteiger partial charge in [-0.1, -0.05) is 20.8 Å². The molecule has 0 unspecified atom stereocenters. The Labute approximate surface area is 116 Å². The topological polar surface area (TPSA) is 94.5 Å². The number of aromatic amines is 1. The van der Waals surface area contributed by atoms with Crippen molar-refractivity contribution in [3.63, 3.8) is 0 Å². The summed E-state index contributed by atoms with van der Waals surface area (Å²) < 4.78 is 0. The second-order valence-electron chi connectivity index (χ2n) is 5.41. The average molecular weight is 269 g/mol. The van der Waals surface area contributed by atoms with Gasteiger partial charge in [-0.15, -0.1) is 0 Å². The van der Waals surface area contributed by atoms with E-state index in [1.54, 1.807) is 12.1 Å². The highest BCUT2D eigenvalue weighted by Gasteiger charge is 2.17. The van der Waals surface area contributed by atoms with E-state index in [9.17, 15) is 4.79 Å². The molecule has 20 heavy (non-hydrogen) atoms. The molecule has 0 atom stereocenters. The van der Waals surface area contributed by atoms with Crippen molar-refractivity contribution >= 4 is 11.7 Å². The van der Waals surface area contributed by atoms with Crippen molar-refractivity contribution in [1.82, 2.24) is 15.2 Å². The molecule has 0 fully saturated rings. The van der Waals surface area contributed by atoms with Gasteiger partial charge in [0.05, 0.1) is 5.56 Å². The van der Waals surface area contributed by atoms with E-state index in [1.165, 1.54) is 12.3 Å². The van der Waals surface area contributed by atoms with Crippen LogP contribution in [0.1, 0.15) is 42.5 Å². The molecule has 2 rings (SSSR count). The molecule has 1 amide bonds. The van der Waals surface area contributed by atoms with Gasteiger partial charge in [-0.25, -0.2) is 4.98 Å². The maximum Gasteiger partial charge on any atom is 0.275 e. The van der Waals surface area contributed by atoms with Gasteiger partial charge in [0.15, 0.2) is 5.82 Å². The largest absolute Gasteiger partial charge is 0.304 e. The van der Waals surface area contributed by atoms with E-state index in [-0.39, 0.29) is 17.0 Å². The van der Waals surface area contributed by atoms with Crippen molar-refractivity contribution in [2.24, 2.45) is 0 Å². The summed E-state index contributed by atoms with van der Waals surface area (Å²) in [6.45, 7) is 6.15. The number of hydrogen-bond acceptors (Lipinski definition) is 4. The van der Waals surface area contributed by atoms with Crippen LogP contribution < -0.4 is 5.32 Å². The third kappa shape index (κ3) is 3.01. The molecule has 0 aliphatic heterocycles. The predicted molar refractivity (Wildman–Crippen MR) is 74.2 cm³/mol. The Morgan fingerprint density at radius 1 is 1.40 bits per heavy atom. The summed E-state index contributed by atoms with van der Waals surface area (Å²) in [4.78, 5) is 15.9. The van der Waals surface area contributed by atoms with Gasteiger partial charge in [0.1, 0.15) is 11.8 Å². The van der Waals surface area contributed by atoms with E-state index in [4.69, 9.17) is 5.26 Å². The molecule has 0 aliphatic carbocycles. The highest BCUT2D eigenvalue weighted by Crippen LogP contribution is 2.22. The number of nitrogens with one attached hydrogen (secondary N) is 2. The highest BCUT2D eigenvalue weighted by atomic mass is 16.1. The number of nitriles is 1. The Morgan fingerprint density at radius 3 is 2.65 bits per heavy atom. The summed E-state index contributed by atoms with van der Waals surface area (Å²) in [6.07, 6.45) is 1.36. The van der Waals surface area contributed by atoms with Gasteiger partial charge >= 0.3 is 0 Å². The summed E-state index contributed by atoms with van der Waals surface area (Å²) in [5, 5.41) is 18.3. The Kier molecular flexibility index (Phi) is 3.53. The van der Waals surface area contributed by atoms with E-state index in [0.29, 0.717) is 11.4 Å². The maximum atomic E-state index is 12.0. The third-order valence-electron chi connectivity index (χ3n) is 2.75. The quantitative estimate of drug-likeness (QED) is 0.874.